The number of halogens is 6. The van der Waals surface area contributed by atoms with Crippen molar-refractivity contribution in [2.24, 2.45) is 11.7 Å². The van der Waals surface area contributed by atoms with Crippen LogP contribution in [0.5, 0.6) is 0 Å². The van der Waals surface area contributed by atoms with E-state index in [2.05, 4.69) is 15.3 Å². The van der Waals surface area contributed by atoms with Gasteiger partial charge in [-0.2, -0.15) is 26.3 Å². The summed E-state index contributed by atoms with van der Waals surface area (Å²) < 4.78 is 79.5. The highest BCUT2D eigenvalue weighted by molar-refractivity contribution is 5.86. The molecule has 8 nitrogen and oxygen atoms in total. The fraction of sp³-hybridized carbons (Fsp3) is 0.577. The van der Waals surface area contributed by atoms with Crippen molar-refractivity contribution >= 4 is 17.5 Å². The second-order valence-corrected chi connectivity index (χ2v) is 10.2. The third-order valence-corrected chi connectivity index (χ3v) is 7.34. The molecule has 14 heteroatoms. The summed E-state index contributed by atoms with van der Waals surface area (Å²) in [5.74, 6) is -1.46. The molecular weight excluding hydrogens is 542 g/mol. The third-order valence-electron chi connectivity index (χ3n) is 7.34. The first-order valence-corrected chi connectivity index (χ1v) is 13.1. The lowest BCUT2D eigenvalue weighted by Gasteiger charge is -2.33. The highest BCUT2D eigenvalue weighted by Gasteiger charge is 2.40. The van der Waals surface area contributed by atoms with Crippen LogP contribution in [0.1, 0.15) is 42.6 Å². The molecule has 2 aromatic rings. The molecule has 0 spiro atoms. The van der Waals surface area contributed by atoms with Crippen LogP contribution >= 0.6 is 0 Å². The Morgan fingerprint density at radius 1 is 1.02 bits per heavy atom. The number of carbonyl (C=O) groups is 1. The second kappa shape index (κ2) is 12.2. The van der Waals surface area contributed by atoms with Crippen molar-refractivity contribution in [3.63, 3.8) is 0 Å². The highest BCUT2D eigenvalue weighted by atomic mass is 19.4. The van der Waals surface area contributed by atoms with E-state index in [1.165, 1.54) is 23.1 Å². The average Bonchev–Trinajstić information content (AvgIpc) is 3.30. The summed E-state index contributed by atoms with van der Waals surface area (Å²) in [5.41, 5.74) is 5.43. The maximum atomic E-state index is 13.7. The van der Waals surface area contributed by atoms with Crippen LogP contribution < -0.4 is 20.9 Å². The van der Waals surface area contributed by atoms with Crippen molar-refractivity contribution < 1.29 is 36.2 Å². The number of amides is 1. The minimum Gasteiger partial charge on any atom is -0.391 e. The van der Waals surface area contributed by atoms with Gasteiger partial charge in [-0.25, -0.2) is 9.97 Å². The quantitative estimate of drug-likeness (QED) is 0.415. The van der Waals surface area contributed by atoms with Crippen molar-refractivity contribution in [1.29, 1.82) is 0 Å². The van der Waals surface area contributed by atoms with Crippen LogP contribution in [0, 0.1) is 5.92 Å². The topological polar surface area (TPSA) is 108 Å². The number of anilines is 2. The van der Waals surface area contributed by atoms with E-state index in [9.17, 15) is 36.2 Å². The molecule has 0 bridgehead atoms. The summed E-state index contributed by atoms with van der Waals surface area (Å²) in [4.78, 5) is 23.6. The lowest BCUT2D eigenvalue weighted by atomic mass is 9.94. The number of nitrogens with zero attached hydrogens (tertiary/aromatic N) is 4. The number of benzene rings is 1. The largest absolute Gasteiger partial charge is 0.451 e. The van der Waals surface area contributed by atoms with Crippen LogP contribution in [0.2, 0.25) is 0 Å². The number of hydrogen-bond acceptors (Lipinski definition) is 7. The number of aliphatic hydroxyl groups is 1. The number of rotatable bonds is 8. The Labute approximate surface area is 227 Å². The Hall–Kier alpha value is -3.13. The molecule has 4 rings (SSSR count). The van der Waals surface area contributed by atoms with Crippen molar-refractivity contribution in [3.8, 4) is 0 Å². The number of nitrogens with one attached hydrogen (secondary N) is 1. The Morgan fingerprint density at radius 3 is 2.27 bits per heavy atom. The van der Waals surface area contributed by atoms with Crippen LogP contribution in [0.15, 0.2) is 30.3 Å². The van der Waals surface area contributed by atoms with E-state index in [1.807, 2.05) is 0 Å². The van der Waals surface area contributed by atoms with Gasteiger partial charge < -0.3 is 26.0 Å². The molecule has 0 unspecified atom stereocenters. The lowest BCUT2D eigenvalue weighted by molar-refractivity contribution is -0.144. The number of β-amino-alcohol motifs (C(OH)–C–C–N with tert-alkyl or cyclic N) is 1. The summed E-state index contributed by atoms with van der Waals surface area (Å²) in [6.45, 7) is 1.56. The zero-order valence-corrected chi connectivity index (χ0v) is 21.7. The normalized spacial score (nSPS) is 20.7. The van der Waals surface area contributed by atoms with Crippen molar-refractivity contribution in [3.05, 3.63) is 47.3 Å². The van der Waals surface area contributed by atoms with Crippen LogP contribution in [0.4, 0.5) is 38.0 Å². The SMILES string of the molecule is NCCC1CCN(c2cc(N3C[C@@H](O)C[C@H]3C(=O)NCCc3ccc(C(F)(F)F)cc3)nc(C(F)(F)F)n2)CC1. The van der Waals surface area contributed by atoms with E-state index < -0.39 is 41.8 Å². The van der Waals surface area contributed by atoms with E-state index in [1.54, 1.807) is 4.90 Å². The van der Waals surface area contributed by atoms with E-state index in [0.29, 0.717) is 31.1 Å². The van der Waals surface area contributed by atoms with Gasteiger partial charge in [-0.15, -0.1) is 0 Å². The first-order valence-electron chi connectivity index (χ1n) is 13.1. The lowest BCUT2D eigenvalue weighted by Crippen LogP contribution is -2.44. The summed E-state index contributed by atoms with van der Waals surface area (Å²) in [6, 6.07) is 4.98. The molecule has 4 N–H and O–H groups in total. The van der Waals surface area contributed by atoms with Crippen LogP contribution in [0.25, 0.3) is 0 Å². The molecule has 0 saturated carbocycles. The van der Waals surface area contributed by atoms with Gasteiger partial charge in [-0.3, -0.25) is 4.79 Å². The zero-order valence-electron chi connectivity index (χ0n) is 21.7. The van der Waals surface area contributed by atoms with Crippen LogP contribution in [0.3, 0.4) is 0 Å². The van der Waals surface area contributed by atoms with Gasteiger partial charge in [-0.05, 0) is 55.8 Å². The molecule has 0 aliphatic carbocycles. The highest BCUT2D eigenvalue weighted by Crippen LogP contribution is 2.34. The van der Waals surface area contributed by atoms with Gasteiger partial charge in [0.05, 0.1) is 11.7 Å². The number of piperidine rings is 1. The fourth-order valence-electron chi connectivity index (χ4n) is 5.17. The summed E-state index contributed by atoms with van der Waals surface area (Å²) >= 11 is 0. The van der Waals surface area contributed by atoms with Gasteiger partial charge in [0.1, 0.15) is 17.7 Å². The van der Waals surface area contributed by atoms with Crippen molar-refractivity contribution in [2.75, 3.05) is 42.5 Å². The van der Waals surface area contributed by atoms with Gasteiger partial charge in [0, 0.05) is 38.7 Å². The fourth-order valence-corrected chi connectivity index (χ4v) is 5.17. The van der Waals surface area contributed by atoms with Gasteiger partial charge in [0.15, 0.2) is 0 Å². The molecule has 2 atom stereocenters. The predicted octanol–water partition coefficient (Wildman–Crippen LogP) is 3.38. The molecule has 2 fully saturated rings. The molecule has 2 aliphatic heterocycles. The number of nitrogens with two attached hydrogens (primary N) is 1. The van der Waals surface area contributed by atoms with E-state index in [-0.39, 0.29) is 37.6 Å². The van der Waals surface area contributed by atoms with Gasteiger partial charge in [0.2, 0.25) is 11.7 Å². The van der Waals surface area contributed by atoms with Gasteiger partial charge in [0.25, 0.3) is 0 Å². The van der Waals surface area contributed by atoms with E-state index in [0.717, 1.165) is 31.4 Å². The molecule has 3 heterocycles. The first-order chi connectivity index (χ1) is 18.8. The second-order valence-electron chi connectivity index (χ2n) is 10.2. The zero-order chi connectivity index (χ0) is 29.1. The van der Waals surface area contributed by atoms with Gasteiger partial charge >= 0.3 is 12.4 Å². The summed E-state index contributed by atoms with van der Waals surface area (Å²) in [7, 11) is 0. The van der Waals surface area contributed by atoms with Crippen molar-refractivity contribution in [1.82, 2.24) is 15.3 Å². The molecule has 2 saturated heterocycles. The van der Waals surface area contributed by atoms with Crippen LogP contribution in [-0.2, 0) is 23.6 Å². The number of aromatic nitrogens is 2. The molecular formula is C26H32F6N6O2. The number of alkyl halides is 6. The Kier molecular flexibility index (Phi) is 9.08. The average molecular weight is 575 g/mol. The number of hydrogen-bond donors (Lipinski definition) is 3. The molecule has 220 valence electrons. The Bertz CT molecular complexity index is 1150. The van der Waals surface area contributed by atoms with Gasteiger partial charge in [-0.1, -0.05) is 12.1 Å². The third kappa shape index (κ3) is 7.33. The maximum absolute atomic E-state index is 13.7. The minimum atomic E-state index is -4.82. The maximum Gasteiger partial charge on any atom is 0.451 e. The molecule has 1 amide bonds. The predicted molar refractivity (Wildman–Crippen MR) is 136 cm³/mol. The monoisotopic (exact) mass is 574 g/mol. The van der Waals surface area contributed by atoms with E-state index >= 15 is 0 Å². The first kappa shape index (κ1) is 29.8. The molecule has 1 aromatic heterocycles. The molecule has 40 heavy (non-hydrogen) atoms. The summed E-state index contributed by atoms with van der Waals surface area (Å²) in [5, 5.41) is 13.0. The molecule has 1 aromatic carbocycles. The van der Waals surface area contributed by atoms with Crippen molar-refractivity contribution in [2.45, 2.75) is 56.6 Å². The smallest absolute Gasteiger partial charge is 0.391 e. The van der Waals surface area contributed by atoms with E-state index in [4.69, 9.17) is 5.73 Å². The Balaban J connectivity index is 1.47. The number of aliphatic hydroxyl groups excluding tert-OH is 1. The summed E-state index contributed by atoms with van der Waals surface area (Å²) in [6.07, 6.45) is -7.63. The number of carbonyl (C=O) groups excluding carboxylic acids is 1. The Morgan fingerprint density at radius 2 is 1.68 bits per heavy atom. The molecule has 0 radical (unpaired) electrons. The minimum absolute atomic E-state index is 0.0166. The molecule has 2 aliphatic rings. The van der Waals surface area contributed by atoms with Crippen LogP contribution in [-0.4, -0.2) is 65.9 Å². The standard InChI is InChI=1S/C26H32F6N6O2/c27-25(28,29)18-3-1-16(2-4-18)6-10-34-23(40)20-13-19(39)15-38(20)22-14-21(35-24(36-22)26(30,31)32)37-11-7-17(5-9-33)8-12-37/h1-4,14,17,19-20,39H,5-13,15,33H2,(H,34,40)/t19-,20-/m0/s1.